The van der Waals surface area contributed by atoms with Crippen LogP contribution in [0.2, 0.25) is 0 Å². The number of nitrogens with zero attached hydrogens (tertiary/aromatic N) is 4. The van der Waals surface area contributed by atoms with Crippen LogP contribution in [0.4, 0.5) is 11.8 Å². The van der Waals surface area contributed by atoms with Crippen molar-refractivity contribution in [3.05, 3.63) is 24.7 Å². The molecule has 0 atom stereocenters. The quantitative estimate of drug-likeness (QED) is 0.827. The lowest BCUT2D eigenvalue weighted by Gasteiger charge is -2.05. The monoisotopic (exact) mass is 205 g/mol. The van der Waals surface area contributed by atoms with Crippen LogP contribution in [-0.2, 0) is 13.6 Å². The lowest BCUT2D eigenvalue weighted by molar-refractivity contribution is 0.685. The second kappa shape index (κ2) is 4.16. The third kappa shape index (κ3) is 2.18. The van der Waals surface area contributed by atoms with E-state index in [1.54, 1.807) is 10.9 Å². The summed E-state index contributed by atoms with van der Waals surface area (Å²) in [4.78, 5) is 4.24. The van der Waals surface area contributed by atoms with Crippen LogP contribution in [0, 0.1) is 0 Å². The summed E-state index contributed by atoms with van der Waals surface area (Å²) >= 11 is 0. The number of imidazole rings is 1. The highest BCUT2D eigenvalue weighted by Gasteiger charge is 2.03. The van der Waals surface area contributed by atoms with Gasteiger partial charge in [-0.1, -0.05) is 6.92 Å². The zero-order valence-electron chi connectivity index (χ0n) is 9.01. The minimum Gasteiger partial charge on any atom is -0.317 e. The maximum absolute atomic E-state index is 4.24. The van der Waals surface area contributed by atoms with Gasteiger partial charge in [-0.15, -0.1) is 0 Å². The van der Waals surface area contributed by atoms with Crippen LogP contribution in [0.25, 0.3) is 0 Å². The first kappa shape index (κ1) is 9.76. The van der Waals surface area contributed by atoms with E-state index in [-0.39, 0.29) is 0 Å². The van der Waals surface area contributed by atoms with Crippen molar-refractivity contribution in [1.29, 1.82) is 0 Å². The van der Waals surface area contributed by atoms with Crippen LogP contribution in [0.1, 0.15) is 13.3 Å². The average Bonchev–Trinajstić information content (AvgIpc) is 2.78. The van der Waals surface area contributed by atoms with Crippen molar-refractivity contribution in [1.82, 2.24) is 19.3 Å². The summed E-state index contributed by atoms with van der Waals surface area (Å²) in [5, 5.41) is 7.42. The van der Waals surface area contributed by atoms with Gasteiger partial charge >= 0.3 is 0 Å². The molecule has 0 saturated carbocycles. The molecule has 0 aliphatic carbocycles. The number of nitrogens with one attached hydrogen (secondary N) is 1. The SMILES string of the molecule is CCCn1ccnc1Nc1ccn(C)n1. The van der Waals surface area contributed by atoms with Gasteiger partial charge in [0.1, 0.15) is 0 Å². The zero-order valence-corrected chi connectivity index (χ0v) is 9.01. The van der Waals surface area contributed by atoms with Gasteiger partial charge in [-0.25, -0.2) is 4.98 Å². The maximum Gasteiger partial charge on any atom is 0.208 e. The molecule has 0 bridgehead atoms. The lowest BCUT2D eigenvalue weighted by Crippen LogP contribution is -2.03. The lowest BCUT2D eigenvalue weighted by atomic mass is 10.5. The first-order valence-corrected chi connectivity index (χ1v) is 5.07. The molecule has 0 fully saturated rings. The summed E-state index contributed by atoms with van der Waals surface area (Å²) in [7, 11) is 1.89. The van der Waals surface area contributed by atoms with Gasteiger partial charge in [0.15, 0.2) is 5.82 Å². The van der Waals surface area contributed by atoms with Crippen molar-refractivity contribution in [2.24, 2.45) is 7.05 Å². The summed E-state index contributed by atoms with van der Waals surface area (Å²) in [6.07, 6.45) is 6.75. The maximum atomic E-state index is 4.24. The van der Waals surface area contributed by atoms with E-state index in [1.807, 2.05) is 25.5 Å². The van der Waals surface area contributed by atoms with Gasteiger partial charge in [0, 0.05) is 38.2 Å². The minimum atomic E-state index is 0.820. The van der Waals surface area contributed by atoms with E-state index in [9.17, 15) is 0 Å². The molecule has 2 heterocycles. The fourth-order valence-corrected chi connectivity index (χ4v) is 1.45. The number of aryl methyl sites for hydroxylation is 2. The predicted octanol–water partition coefficient (Wildman–Crippen LogP) is 1.77. The molecular weight excluding hydrogens is 190 g/mol. The number of anilines is 2. The third-order valence-electron chi connectivity index (χ3n) is 2.13. The Bertz CT molecular complexity index is 428. The highest BCUT2D eigenvalue weighted by molar-refractivity contribution is 5.47. The molecule has 15 heavy (non-hydrogen) atoms. The number of aromatic nitrogens is 4. The summed E-state index contributed by atoms with van der Waals surface area (Å²) in [5.74, 6) is 1.66. The molecule has 1 N–H and O–H groups in total. The summed E-state index contributed by atoms with van der Waals surface area (Å²) in [6.45, 7) is 3.11. The van der Waals surface area contributed by atoms with Crippen molar-refractivity contribution in [2.75, 3.05) is 5.32 Å². The van der Waals surface area contributed by atoms with Crippen LogP contribution in [0.5, 0.6) is 0 Å². The molecular formula is C10H15N5. The fraction of sp³-hybridized carbons (Fsp3) is 0.400. The van der Waals surface area contributed by atoms with Crippen LogP contribution in [0.3, 0.4) is 0 Å². The van der Waals surface area contributed by atoms with Gasteiger partial charge < -0.3 is 9.88 Å². The van der Waals surface area contributed by atoms with Crippen molar-refractivity contribution in [3.8, 4) is 0 Å². The molecule has 0 saturated heterocycles. The van der Waals surface area contributed by atoms with Crippen LogP contribution in [-0.4, -0.2) is 19.3 Å². The first-order valence-electron chi connectivity index (χ1n) is 5.07. The van der Waals surface area contributed by atoms with Crippen LogP contribution >= 0.6 is 0 Å². The van der Waals surface area contributed by atoms with Crippen molar-refractivity contribution < 1.29 is 0 Å². The van der Waals surface area contributed by atoms with Crippen molar-refractivity contribution >= 4 is 11.8 Å². The Morgan fingerprint density at radius 3 is 2.93 bits per heavy atom. The van der Waals surface area contributed by atoms with E-state index in [4.69, 9.17) is 0 Å². The normalized spacial score (nSPS) is 10.5. The number of hydrogen-bond donors (Lipinski definition) is 1. The van der Waals surface area contributed by atoms with E-state index in [0.717, 1.165) is 24.7 Å². The topological polar surface area (TPSA) is 47.7 Å². The fourth-order valence-electron chi connectivity index (χ4n) is 1.45. The Morgan fingerprint density at radius 2 is 2.27 bits per heavy atom. The van der Waals surface area contributed by atoms with Gasteiger partial charge in [-0.3, -0.25) is 4.68 Å². The summed E-state index contributed by atoms with van der Waals surface area (Å²) < 4.78 is 3.84. The molecule has 2 aromatic heterocycles. The molecule has 2 rings (SSSR count). The molecule has 0 unspecified atom stereocenters. The second-order valence-corrected chi connectivity index (χ2v) is 3.44. The highest BCUT2D eigenvalue weighted by atomic mass is 15.3. The van der Waals surface area contributed by atoms with Crippen LogP contribution in [0.15, 0.2) is 24.7 Å². The largest absolute Gasteiger partial charge is 0.317 e. The molecule has 80 valence electrons. The van der Waals surface area contributed by atoms with Crippen molar-refractivity contribution in [2.45, 2.75) is 19.9 Å². The van der Waals surface area contributed by atoms with Gasteiger partial charge in [0.05, 0.1) is 0 Å². The first-order chi connectivity index (χ1) is 7.29. The Kier molecular flexibility index (Phi) is 2.71. The average molecular weight is 205 g/mol. The molecule has 5 heteroatoms. The molecule has 2 aromatic rings. The van der Waals surface area contributed by atoms with E-state index in [1.165, 1.54) is 0 Å². The minimum absolute atomic E-state index is 0.820. The molecule has 0 aromatic carbocycles. The molecule has 0 amide bonds. The summed E-state index contributed by atoms with van der Waals surface area (Å²) in [6, 6.07) is 1.92. The molecule has 0 aliphatic rings. The molecule has 0 spiro atoms. The smallest absolute Gasteiger partial charge is 0.208 e. The molecule has 0 aliphatic heterocycles. The zero-order chi connectivity index (χ0) is 10.7. The predicted molar refractivity (Wildman–Crippen MR) is 59.0 cm³/mol. The van der Waals surface area contributed by atoms with Crippen molar-refractivity contribution in [3.63, 3.8) is 0 Å². The molecule has 5 nitrogen and oxygen atoms in total. The Labute approximate surface area is 88.7 Å². The van der Waals surface area contributed by atoms with E-state index >= 15 is 0 Å². The van der Waals surface area contributed by atoms with E-state index in [2.05, 4.69) is 26.9 Å². The third-order valence-corrected chi connectivity index (χ3v) is 2.13. The second-order valence-electron chi connectivity index (χ2n) is 3.44. The Hall–Kier alpha value is -1.78. The van der Waals surface area contributed by atoms with Gasteiger partial charge in [-0.05, 0) is 6.42 Å². The van der Waals surface area contributed by atoms with E-state index < -0.39 is 0 Å². The van der Waals surface area contributed by atoms with Gasteiger partial charge in [0.25, 0.3) is 0 Å². The Morgan fingerprint density at radius 1 is 1.40 bits per heavy atom. The Balaban J connectivity index is 2.13. The highest BCUT2D eigenvalue weighted by Crippen LogP contribution is 2.12. The standard InChI is InChI=1S/C10H15N5/c1-3-6-15-8-5-11-10(15)12-9-4-7-14(2)13-9/h4-5,7-8H,3,6H2,1-2H3,(H,11,12,13). The number of rotatable bonds is 4. The van der Waals surface area contributed by atoms with Gasteiger partial charge in [-0.2, -0.15) is 5.10 Å². The van der Waals surface area contributed by atoms with E-state index in [0.29, 0.717) is 0 Å². The van der Waals surface area contributed by atoms with Crippen LogP contribution < -0.4 is 5.32 Å². The number of hydrogen-bond acceptors (Lipinski definition) is 3. The molecule has 0 radical (unpaired) electrons. The van der Waals surface area contributed by atoms with Gasteiger partial charge in [0.2, 0.25) is 5.95 Å². The summed E-state index contributed by atoms with van der Waals surface area (Å²) in [5.41, 5.74) is 0.